The van der Waals surface area contributed by atoms with E-state index in [1.165, 1.54) is 25.5 Å². The number of halogens is 1. The minimum atomic E-state index is -0.401. The van der Waals surface area contributed by atoms with Crippen molar-refractivity contribution in [2.45, 2.75) is 58.9 Å². The molecule has 0 saturated carbocycles. The Kier molecular flexibility index (Phi) is 7.15. The van der Waals surface area contributed by atoms with Gasteiger partial charge in [0.05, 0.1) is 6.20 Å². The van der Waals surface area contributed by atoms with Crippen LogP contribution in [0.2, 0.25) is 0 Å². The molecule has 1 atom stereocenters. The van der Waals surface area contributed by atoms with Crippen LogP contribution in [0.4, 0.5) is 16.2 Å². The molecule has 4 nitrogen and oxygen atoms in total. The molecule has 1 aromatic rings. The number of nitrogens with zero attached hydrogens (tertiary/aromatic N) is 2. The number of unbranched alkanes of at least 4 members (excludes halogenated alkanes) is 3. The molecule has 1 aromatic heterocycles. The predicted molar refractivity (Wildman–Crippen MR) is 78.0 cm³/mol. The summed E-state index contributed by atoms with van der Waals surface area (Å²) < 4.78 is 13.6. The van der Waals surface area contributed by atoms with Crippen molar-refractivity contribution in [2.24, 2.45) is 0 Å². The number of nitrogens with one attached hydrogen (secondary N) is 2. The summed E-state index contributed by atoms with van der Waals surface area (Å²) in [5, 5.41) is 6.10. The lowest BCUT2D eigenvalue weighted by Gasteiger charge is -2.15. The second-order valence-corrected chi connectivity index (χ2v) is 4.82. The average Bonchev–Trinajstić information content (AvgIpc) is 2.39. The van der Waals surface area contributed by atoms with Gasteiger partial charge in [-0.05, 0) is 20.3 Å². The Morgan fingerprint density at radius 1 is 1.26 bits per heavy atom. The Labute approximate surface area is 115 Å². The fourth-order valence-corrected chi connectivity index (χ4v) is 1.89. The highest BCUT2D eigenvalue weighted by Crippen LogP contribution is 2.15. The van der Waals surface area contributed by atoms with Gasteiger partial charge in [0.15, 0.2) is 11.6 Å². The number of rotatable bonds is 9. The third-order valence-electron chi connectivity index (χ3n) is 2.95. The maximum Gasteiger partial charge on any atom is 0.224 e. The largest absolute Gasteiger partial charge is 0.365 e. The average molecular weight is 268 g/mol. The summed E-state index contributed by atoms with van der Waals surface area (Å²) in [4.78, 5) is 8.02. The van der Waals surface area contributed by atoms with Crippen LogP contribution in [-0.2, 0) is 0 Å². The maximum absolute atomic E-state index is 13.6. The van der Waals surface area contributed by atoms with E-state index >= 15 is 0 Å². The Hall–Kier alpha value is -1.39. The van der Waals surface area contributed by atoms with Gasteiger partial charge in [0.1, 0.15) is 0 Å². The van der Waals surface area contributed by atoms with Crippen LogP contribution >= 0.6 is 0 Å². The quantitative estimate of drug-likeness (QED) is 0.668. The van der Waals surface area contributed by atoms with Crippen molar-refractivity contribution in [1.82, 2.24) is 9.97 Å². The summed E-state index contributed by atoms with van der Waals surface area (Å²) in [6.07, 6.45) is 7.12. The summed E-state index contributed by atoms with van der Waals surface area (Å²) in [6, 6.07) is 0.218. The molecule has 1 rings (SSSR count). The molecule has 0 spiro atoms. The van der Waals surface area contributed by atoms with Crippen LogP contribution in [0, 0.1) is 5.82 Å². The second-order valence-electron chi connectivity index (χ2n) is 4.82. The summed E-state index contributed by atoms with van der Waals surface area (Å²) in [5.41, 5.74) is 0. The molecule has 5 heteroatoms. The molecule has 0 aliphatic carbocycles. The molecule has 0 fully saturated rings. The van der Waals surface area contributed by atoms with Crippen LogP contribution in [0.25, 0.3) is 0 Å². The minimum absolute atomic E-state index is 0.218. The normalized spacial score (nSPS) is 12.2. The van der Waals surface area contributed by atoms with Gasteiger partial charge >= 0.3 is 0 Å². The third-order valence-corrected chi connectivity index (χ3v) is 2.95. The van der Waals surface area contributed by atoms with E-state index < -0.39 is 5.82 Å². The van der Waals surface area contributed by atoms with Crippen molar-refractivity contribution in [3.05, 3.63) is 12.0 Å². The predicted octanol–water partition coefficient (Wildman–Crippen LogP) is 3.82. The maximum atomic E-state index is 13.6. The van der Waals surface area contributed by atoms with E-state index in [4.69, 9.17) is 0 Å². The van der Waals surface area contributed by atoms with Gasteiger partial charge in [-0.3, -0.25) is 0 Å². The summed E-state index contributed by atoms with van der Waals surface area (Å²) >= 11 is 0. The van der Waals surface area contributed by atoms with Crippen molar-refractivity contribution in [3.8, 4) is 0 Å². The third kappa shape index (κ3) is 5.85. The van der Waals surface area contributed by atoms with Crippen molar-refractivity contribution in [3.63, 3.8) is 0 Å². The molecule has 1 heterocycles. The minimum Gasteiger partial charge on any atom is -0.365 e. The van der Waals surface area contributed by atoms with Gasteiger partial charge < -0.3 is 10.6 Å². The molecular formula is C14H25FN4. The molecular weight excluding hydrogens is 243 g/mol. The molecule has 0 aromatic carbocycles. The monoisotopic (exact) mass is 268 g/mol. The number of hydrogen-bond donors (Lipinski definition) is 2. The summed E-state index contributed by atoms with van der Waals surface area (Å²) in [7, 11) is 0. The van der Waals surface area contributed by atoms with Crippen LogP contribution in [0.15, 0.2) is 6.20 Å². The van der Waals surface area contributed by atoms with Crippen LogP contribution in [0.5, 0.6) is 0 Å². The highest BCUT2D eigenvalue weighted by atomic mass is 19.1. The lowest BCUT2D eigenvalue weighted by molar-refractivity contribution is 0.580. The fraction of sp³-hybridized carbons (Fsp3) is 0.714. The molecule has 19 heavy (non-hydrogen) atoms. The van der Waals surface area contributed by atoms with E-state index in [0.29, 0.717) is 5.95 Å². The zero-order valence-corrected chi connectivity index (χ0v) is 12.2. The first-order chi connectivity index (χ1) is 9.17. The van der Waals surface area contributed by atoms with E-state index in [1.54, 1.807) is 0 Å². The van der Waals surface area contributed by atoms with Crippen molar-refractivity contribution < 1.29 is 4.39 Å². The first-order valence-corrected chi connectivity index (χ1v) is 7.20. The Balaban J connectivity index is 2.48. The zero-order valence-electron chi connectivity index (χ0n) is 12.2. The van der Waals surface area contributed by atoms with Gasteiger partial charge in [-0.1, -0.05) is 32.6 Å². The first-order valence-electron chi connectivity index (χ1n) is 7.20. The smallest absolute Gasteiger partial charge is 0.224 e. The molecule has 0 aliphatic rings. The second kappa shape index (κ2) is 8.67. The van der Waals surface area contributed by atoms with E-state index in [-0.39, 0.29) is 11.9 Å². The van der Waals surface area contributed by atoms with Crippen molar-refractivity contribution in [2.75, 3.05) is 17.2 Å². The van der Waals surface area contributed by atoms with E-state index in [1.807, 2.05) is 6.92 Å². The van der Waals surface area contributed by atoms with E-state index in [9.17, 15) is 4.39 Å². The van der Waals surface area contributed by atoms with Gasteiger partial charge in [0.25, 0.3) is 0 Å². The molecule has 0 radical (unpaired) electrons. The van der Waals surface area contributed by atoms with Crippen LogP contribution in [-0.4, -0.2) is 22.6 Å². The molecule has 0 saturated heterocycles. The Morgan fingerprint density at radius 2 is 2.05 bits per heavy atom. The van der Waals surface area contributed by atoms with Gasteiger partial charge in [0.2, 0.25) is 5.95 Å². The van der Waals surface area contributed by atoms with Gasteiger partial charge in [-0.15, -0.1) is 0 Å². The topological polar surface area (TPSA) is 49.8 Å². The molecule has 0 aliphatic heterocycles. The summed E-state index contributed by atoms with van der Waals surface area (Å²) in [5.74, 6) is 0.348. The van der Waals surface area contributed by atoms with Crippen LogP contribution in [0.1, 0.15) is 52.9 Å². The number of aromatic nitrogens is 2. The van der Waals surface area contributed by atoms with E-state index in [0.717, 1.165) is 19.4 Å². The highest BCUT2D eigenvalue weighted by Gasteiger charge is 2.09. The first kappa shape index (κ1) is 15.7. The fourth-order valence-electron chi connectivity index (χ4n) is 1.89. The highest BCUT2D eigenvalue weighted by molar-refractivity contribution is 5.41. The molecule has 108 valence electrons. The zero-order chi connectivity index (χ0) is 14.1. The molecule has 0 amide bonds. The lowest BCUT2D eigenvalue weighted by atomic mass is 10.1. The van der Waals surface area contributed by atoms with Gasteiger partial charge in [-0.25, -0.2) is 9.37 Å². The van der Waals surface area contributed by atoms with E-state index in [2.05, 4.69) is 34.4 Å². The molecule has 1 unspecified atom stereocenters. The van der Waals surface area contributed by atoms with Crippen LogP contribution < -0.4 is 10.6 Å². The standard InChI is InChI=1S/C14H25FN4/c1-4-6-7-8-9-11(3)18-13-12(15)10-17-14(19-13)16-5-2/h10-11H,4-9H2,1-3H3,(H2,16,17,18,19). The van der Waals surface area contributed by atoms with Crippen molar-refractivity contribution in [1.29, 1.82) is 0 Å². The Bertz CT molecular complexity index is 370. The van der Waals surface area contributed by atoms with Gasteiger partial charge in [-0.2, -0.15) is 4.98 Å². The lowest BCUT2D eigenvalue weighted by Crippen LogP contribution is -2.18. The molecule has 0 bridgehead atoms. The van der Waals surface area contributed by atoms with Crippen molar-refractivity contribution >= 4 is 11.8 Å². The number of hydrogen-bond acceptors (Lipinski definition) is 4. The Morgan fingerprint density at radius 3 is 2.74 bits per heavy atom. The summed E-state index contributed by atoms with van der Waals surface area (Å²) in [6.45, 7) is 6.93. The van der Waals surface area contributed by atoms with Crippen LogP contribution in [0.3, 0.4) is 0 Å². The molecule has 2 N–H and O–H groups in total. The van der Waals surface area contributed by atoms with Gasteiger partial charge in [0, 0.05) is 12.6 Å². The number of anilines is 2. The SMILES string of the molecule is CCCCCCC(C)Nc1nc(NCC)ncc1F.